The fourth-order valence-electron chi connectivity index (χ4n) is 4.26. The molecule has 2 aromatic rings. The molecular formula is C21H18N2O4. The first-order chi connectivity index (χ1) is 13.2. The predicted octanol–water partition coefficient (Wildman–Crippen LogP) is 4.44. The van der Waals surface area contributed by atoms with Crippen LogP contribution in [0.1, 0.15) is 35.2 Å². The highest BCUT2D eigenvalue weighted by Crippen LogP contribution is 2.49. The molecule has 6 nitrogen and oxygen atoms in total. The first-order valence-electron chi connectivity index (χ1n) is 8.94. The van der Waals surface area contributed by atoms with Crippen LogP contribution in [0.25, 0.3) is 33.6 Å². The van der Waals surface area contributed by atoms with Crippen LogP contribution in [-0.4, -0.2) is 28.1 Å². The number of fused-ring (bicyclic) bond motifs is 7. The van der Waals surface area contributed by atoms with Crippen LogP contribution in [-0.2, 0) is 6.54 Å². The Morgan fingerprint density at radius 3 is 3.00 bits per heavy atom. The Morgan fingerprint density at radius 2 is 2.26 bits per heavy atom. The molecular weight excluding hydrogens is 344 g/mol. The Hall–Kier alpha value is -3.28. The second kappa shape index (κ2) is 5.61. The molecule has 0 amide bonds. The van der Waals surface area contributed by atoms with Gasteiger partial charge in [0.1, 0.15) is 17.0 Å². The van der Waals surface area contributed by atoms with Crippen molar-refractivity contribution in [3.63, 3.8) is 0 Å². The minimum Gasteiger partial charge on any atom is -0.496 e. The second-order valence-electron chi connectivity index (χ2n) is 6.83. The Balaban J connectivity index is 1.88. The maximum atomic E-state index is 11.6. The average Bonchev–Trinajstić information content (AvgIpc) is 3.23. The van der Waals surface area contributed by atoms with Gasteiger partial charge in [0.25, 0.3) is 5.95 Å². The van der Waals surface area contributed by atoms with Crippen molar-refractivity contribution < 1.29 is 19.1 Å². The summed E-state index contributed by atoms with van der Waals surface area (Å²) in [5.41, 5.74) is 4.38. The summed E-state index contributed by atoms with van der Waals surface area (Å²) in [4.78, 5) is 16.4. The van der Waals surface area contributed by atoms with E-state index in [4.69, 9.17) is 14.1 Å². The maximum Gasteiger partial charge on any atom is 0.293 e. The van der Waals surface area contributed by atoms with Crippen molar-refractivity contribution in [2.45, 2.75) is 25.8 Å². The first kappa shape index (κ1) is 15.9. The zero-order valence-corrected chi connectivity index (χ0v) is 15.0. The Morgan fingerprint density at radius 1 is 1.41 bits per heavy atom. The van der Waals surface area contributed by atoms with E-state index < -0.39 is 0 Å². The molecule has 0 radical (unpaired) electrons. The van der Waals surface area contributed by atoms with E-state index in [2.05, 4.69) is 11.5 Å². The summed E-state index contributed by atoms with van der Waals surface area (Å²) in [7, 11) is 1.64. The number of aldehydes is 1. The maximum absolute atomic E-state index is 11.6. The minimum atomic E-state index is -0.326. The third-order valence-electron chi connectivity index (χ3n) is 5.53. The molecule has 136 valence electrons. The fourth-order valence-corrected chi connectivity index (χ4v) is 4.26. The molecule has 0 fully saturated rings. The number of benzene rings is 1. The van der Waals surface area contributed by atoms with Crippen molar-refractivity contribution >= 4 is 17.2 Å². The van der Waals surface area contributed by atoms with Crippen LogP contribution in [0, 0.1) is 0 Å². The number of rotatable bonds is 3. The summed E-state index contributed by atoms with van der Waals surface area (Å²) in [6.07, 6.45) is 3.52. The molecule has 0 saturated carbocycles. The monoisotopic (exact) mass is 362 g/mol. The standard InChI is InChI=1S/C21H18N2O4/c1-3-11-9-23-8-7-12-17-14(5-4-6-15(17)26-2)22-18(12)19(23)20-16(11)13(10-24)21(25)27-20/h4-8,10-11,25H,3,9H2,1-2H3/t11-/m1/s1. The number of nitrogens with zero attached hydrogens (tertiary/aromatic N) is 2. The number of carbonyl (C=O) groups is 1. The number of hydrogen-bond acceptors (Lipinski definition) is 5. The smallest absolute Gasteiger partial charge is 0.293 e. The van der Waals surface area contributed by atoms with Crippen LogP contribution in [0.15, 0.2) is 34.9 Å². The van der Waals surface area contributed by atoms with Crippen molar-refractivity contribution in [1.29, 1.82) is 0 Å². The number of hydrogen-bond donors (Lipinski definition) is 1. The van der Waals surface area contributed by atoms with E-state index in [1.165, 1.54) is 0 Å². The predicted molar refractivity (Wildman–Crippen MR) is 101 cm³/mol. The van der Waals surface area contributed by atoms with Crippen LogP contribution < -0.4 is 4.74 Å². The lowest BCUT2D eigenvalue weighted by Crippen LogP contribution is -2.18. The SMILES string of the molecule is CC[C@@H]1Cn2ccc3c4c(OC)cccc4nc-3c2-c2oc(O)c(C=O)c21. The van der Waals surface area contributed by atoms with Gasteiger partial charge in [0, 0.05) is 29.8 Å². The largest absolute Gasteiger partial charge is 0.496 e. The van der Waals surface area contributed by atoms with E-state index in [0.717, 1.165) is 45.6 Å². The number of furan rings is 1. The van der Waals surface area contributed by atoms with Gasteiger partial charge in [0.05, 0.1) is 23.7 Å². The number of methoxy groups -OCH3 is 1. The number of ether oxygens (including phenoxy) is 1. The molecule has 1 aromatic heterocycles. The Bertz CT molecular complexity index is 1170. The molecule has 3 aliphatic rings. The average molecular weight is 362 g/mol. The molecule has 5 rings (SSSR count). The number of aromatic nitrogens is 2. The molecule has 0 saturated heterocycles. The van der Waals surface area contributed by atoms with Crippen LogP contribution >= 0.6 is 0 Å². The van der Waals surface area contributed by atoms with Crippen molar-refractivity contribution in [1.82, 2.24) is 9.55 Å². The molecule has 1 N–H and O–H groups in total. The van der Waals surface area contributed by atoms with Gasteiger partial charge in [-0.1, -0.05) is 13.0 Å². The highest BCUT2D eigenvalue weighted by molar-refractivity contribution is 6.04. The van der Waals surface area contributed by atoms with Crippen LogP contribution in [0.5, 0.6) is 11.7 Å². The summed E-state index contributed by atoms with van der Waals surface area (Å²) < 4.78 is 13.3. The normalized spacial score (nSPS) is 15.7. The number of aromatic hydroxyl groups is 1. The Kier molecular flexibility index (Phi) is 3.31. The van der Waals surface area contributed by atoms with E-state index >= 15 is 0 Å². The van der Waals surface area contributed by atoms with Crippen molar-refractivity contribution in [3.8, 4) is 34.4 Å². The second-order valence-corrected chi connectivity index (χ2v) is 6.83. The summed E-state index contributed by atoms with van der Waals surface area (Å²) in [6, 6.07) is 7.81. The fraction of sp³-hybridized carbons (Fsp3) is 0.238. The lowest BCUT2D eigenvalue weighted by atomic mass is 9.88. The third-order valence-corrected chi connectivity index (χ3v) is 5.53. The van der Waals surface area contributed by atoms with Gasteiger partial charge >= 0.3 is 0 Å². The van der Waals surface area contributed by atoms with Gasteiger partial charge in [-0.3, -0.25) is 4.79 Å². The highest BCUT2D eigenvalue weighted by atomic mass is 16.5. The third kappa shape index (κ3) is 2.01. The van der Waals surface area contributed by atoms with Gasteiger partial charge in [0.2, 0.25) is 0 Å². The summed E-state index contributed by atoms with van der Waals surface area (Å²) in [5, 5.41) is 11.1. The molecule has 0 bridgehead atoms. The summed E-state index contributed by atoms with van der Waals surface area (Å²) in [6.45, 7) is 2.77. The van der Waals surface area contributed by atoms with Crippen LogP contribution in [0.2, 0.25) is 0 Å². The number of carbonyl (C=O) groups excluding carboxylic acids is 1. The van der Waals surface area contributed by atoms with E-state index in [9.17, 15) is 9.90 Å². The minimum absolute atomic E-state index is 0.0960. The van der Waals surface area contributed by atoms with E-state index in [-0.39, 0.29) is 17.4 Å². The number of pyridine rings is 1. The van der Waals surface area contributed by atoms with Crippen molar-refractivity contribution in [2.75, 3.05) is 7.11 Å². The highest BCUT2D eigenvalue weighted by Gasteiger charge is 2.35. The zero-order chi connectivity index (χ0) is 18.7. The molecule has 1 atom stereocenters. The lowest BCUT2D eigenvalue weighted by molar-refractivity contribution is 0.111. The Labute approximate surface area is 155 Å². The molecule has 6 heteroatoms. The lowest BCUT2D eigenvalue weighted by Gasteiger charge is -2.27. The molecule has 0 spiro atoms. The van der Waals surface area contributed by atoms with Gasteiger partial charge in [-0.2, -0.15) is 0 Å². The summed E-state index contributed by atoms with van der Waals surface area (Å²) >= 11 is 0. The van der Waals surface area contributed by atoms with Gasteiger partial charge in [-0.05, 0) is 24.6 Å². The van der Waals surface area contributed by atoms with Crippen molar-refractivity contribution in [2.24, 2.45) is 0 Å². The zero-order valence-electron chi connectivity index (χ0n) is 15.0. The molecule has 27 heavy (non-hydrogen) atoms. The molecule has 0 aliphatic carbocycles. The molecule has 0 unspecified atom stereocenters. The van der Waals surface area contributed by atoms with Gasteiger partial charge in [0.15, 0.2) is 12.0 Å². The first-order valence-corrected chi connectivity index (χ1v) is 8.94. The van der Waals surface area contributed by atoms with Gasteiger partial charge in [-0.15, -0.1) is 0 Å². The molecule has 4 heterocycles. The van der Waals surface area contributed by atoms with E-state index in [1.54, 1.807) is 7.11 Å². The van der Waals surface area contributed by atoms with E-state index in [1.807, 2.05) is 30.5 Å². The topological polar surface area (TPSA) is 77.5 Å². The molecule has 1 aromatic carbocycles. The van der Waals surface area contributed by atoms with Crippen LogP contribution in [0.3, 0.4) is 0 Å². The summed E-state index contributed by atoms with van der Waals surface area (Å²) in [5.74, 6) is 1.06. The van der Waals surface area contributed by atoms with Gasteiger partial charge in [-0.25, -0.2) is 4.98 Å². The molecule has 3 aliphatic heterocycles. The van der Waals surface area contributed by atoms with E-state index in [0.29, 0.717) is 18.6 Å². The van der Waals surface area contributed by atoms with Gasteiger partial charge < -0.3 is 18.8 Å². The van der Waals surface area contributed by atoms with Crippen molar-refractivity contribution in [3.05, 3.63) is 41.6 Å². The quantitative estimate of drug-likeness (QED) is 0.545. The van der Waals surface area contributed by atoms with Crippen LogP contribution in [0.4, 0.5) is 0 Å².